The van der Waals surface area contributed by atoms with Crippen LogP contribution in [0.25, 0.3) is 0 Å². The molecule has 0 N–H and O–H groups in total. The molecule has 1 aliphatic heterocycles. The minimum Gasteiger partial charge on any atom is -0.494 e. The number of hydrogen-bond acceptors (Lipinski definition) is 4. The number of unbranched alkanes of at least 4 members (excludes halogenated alkanes) is 1. The van der Waals surface area contributed by atoms with E-state index >= 15 is 0 Å². The van der Waals surface area contributed by atoms with Crippen molar-refractivity contribution in [2.75, 3.05) is 6.61 Å². The fraction of sp³-hybridized carbons (Fsp3) is 0.412. The third-order valence-corrected chi connectivity index (χ3v) is 3.40. The van der Waals surface area contributed by atoms with Crippen LogP contribution in [-0.2, 0) is 14.4 Å². The second-order valence-electron chi connectivity index (χ2n) is 5.34. The summed E-state index contributed by atoms with van der Waals surface area (Å²) in [5.41, 5.74) is 1.73. The molecule has 1 saturated heterocycles. The second kappa shape index (κ2) is 7.64. The van der Waals surface area contributed by atoms with Gasteiger partial charge in [0.25, 0.3) is 5.91 Å². The number of rotatable bonds is 7. The van der Waals surface area contributed by atoms with E-state index < -0.39 is 5.97 Å². The Kier molecular flexibility index (Phi) is 5.58. The van der Waals surface area contributed by atoms with E-state index in [9.17, 15) is 9.59 Å². The van der Waals surface area contributed by atoms with Crippen LogP contribution in [0.2, 0.25) is 0 Å². The van der Waals surface area contributed by atoms with Gasteiger partial charge in [0.2, 0.25) is 0 Å². The number of hydrogen-bond donors (Lipinski definition) is 0. The highest BCUT2D eigenvalue weighted by Gasteiger charge is 2.27. The molecule has 0 atom stereocenters. The first-order chi connectivity index (χ1) is 10.6. The molecular weight excluding hydrogens is 282 g/mol. The van der Waals surface area contributed by atoms with Gasteiger partial charge in [0.15, 0.2) is 0 Å². The van der Waals surface area contributed by atoms with Gasteiger partial charge in [0, 0.05) is 12.8 Å². The number of benzene rings is 1. The number of hydroxylamine groups is 2. The fourth-order valence-electron chi connectivity index (χ4n) is 2.09. The first-order valence-electron chi connectivity index (χ1n) is 7.47. The maximum absolute atomic E-state index is 11.7. The van der Waals surface area contributed by atoms with E-state index in [1.165, 1.54) is 5.56 Å². The molecule has 118 valence electrons. The number of carbonyl (C=O) groups is 2. The van der Waals surface area contributed by atoms with Gasteiger partial charge in [-0.05, 0) is 38.3 Å². The van der Waals surface area contributed by atoms with E-state index in [-0.39, 0.29) is 12.3 Å². The van der Waals surface area contributed by atoms with E-state index in [1.54, 1.807) is 0 Å². The molecule has 0 bridgehead atoms. The largest absolute Gasteiger partial charge is 0.494 e. The smallest absolute Gasteiger partial charge is 0.333 e. The molecule has 0 spiro atoms. The van der Waals surface area contributed by atoms with E-state index in [0.717, 1.165) is 17.2 Å². The molecule has 0 radical (unpaired) electrons. The fourth-order valence-corrected chi connectivity index (χ4v) is 2.09. The van der Waals surface area contributed by atoms with Crippen molar-refractivity contribution in [1.29, 1.82) is 0 Å². The molecule has 0 aliphatic carbocycles. The third-order valence-electron chi connectivity index (χ3n) is 3.40. The number of ether oxygens (including phenoxy) is 1. The SMILES string of the molecule is C=C1CCC(=O)N1OC(=O)CCCCOc1ccc(C)cc1. The Labute approximate surface area is 130 Å². The number of carbonyl (C=O) groups excluding carboxylic acids is 2. The van der Waals surface area contributed by atoms with Crippen LogP contribution in [0, 0.1) is 6.92 Å². The van der Waals surface area contributed by atoms with Gasteiger partial charge in [-0.2, -0.15) is 0 Å². The molecule has 0 unspecified atom stereocenters. The van der Waals surface area contributed by atoms with Gasteiger partial charge in [-0.25, -0.2) is 4.79 Å². The number of aryl methyl sites for hydroxylation is 1. The molecule has 5 nitrogen and oxygen atoms in total. The molecule has 22 heavy (non-hydrogen) atoms. The predicted molar refractivity (Wildman–Crippen MR) is 81.8 cm³/mol. The maximum atomic E-state index is 11.7. The van der Waals surface area contributed by atoms with Crippen molar-refractivity contribution >= 4 is 11.9 Å². The van der Waals surface area contributed by atoms with Crippen molar-refractivity contribution in [3.8, 4) is 5.75 Å². The summed E-state index contributed by atoms with van der Waals surface area (Å²) in [6.45, 7) is 6.27. The van der Waals surface area contributed by atoms with Crippen LogP contribution in [0.1, 0.15) is 37.7 Å². The van der Waals surface area contributed by atoms with Crippen LogP contribution in [0.4, 0.5) is 0 Å². The maximum Gasteiger partial charge on any atom is 0.333 e. The van der Waals surface area contributed by atoms with Crippen LogP contribution in [-0.4, -0.2) is 23.5 Å². The molecule has 1 aromatic carbocycles. The van der Waals surface area contributed by atoms with E-state index in [0.29, 0.717) is 31.6 Å². The van der Waals surface area contributed by atoms with E-state index in [2.05, 4.69) is 6.58 Å². The minimum atomic E-state index is -0.410. The summed E-state index contributed by atoms with van der Waals surface area (Å²) >= 11 is 0. The molecular formula is C17H21NO4. The van der Waals surface area contributed by atoms with Crippen LogP contribution in [0.5, 0.6) is 5.75 Å². The van der Waals surface area contributed by atoms with Crippen molar-refractivity contribution < 1.29 is 19.2 Å². The summed E-state index contributed by atoms with van der Waals surface area (Å²) < 4.78 is 5.58. The summed E-state index contributed by atoms with van der Waals surface area (Å²) in [6, 6.07) is 7.83. The Morgan fingerprint density at radius 2 is 1.95 bits per heavy atom. The van der Waals surface area contributed by atoms with Crippen molar-refractivity contribution in [3.63, 3.8) is 0 Å². The second-order valence-corrected chi connectivity index (χ2v) is 5.34. The Balaban J connectivity index is 1.60. The Bertz CT molecular complexity index is 534. The summed E-state index contributed by atoms with van der Waals surface area (Å²) in [4.78, 5) is 28.1. The lowest BCUT2D eigenvalue weighted by atomic mass is 10.2. The van der Waals surface area contributed by atoms with Crippen molar-refractivity contribution in [1.82, 2.24) is 5.06 Å². The van der Waals surface area contributed by atoms with E-state index in [4.69, 9.17) is 9.57 Å². The van der Waals surface area contributed by atoms with Gasteiger partial charge in [-0.1, -0.05) is 24.3 Å². The van der Waals surface area contributed by atoms with Gasteiger partial charge >= 0.3 is 5.97 Å². The molecule has 0 saturated carbocycles. The molecule has 1 heterocycles. The predicted octanol–water partition coefficient (Wildman–Crippen LogP) is 3.14. The highest BCUT2D eigenvalue weighted by molar-refractivity contribution is 5.82. The zero-order valence-corrected chi connectivity index (χ0v) is 12.8. The zero-order valence-electron chi connectivity index (χ0n) is 12.8. The lowest BCUT2D eigenvalue weighted by Gasteiger charge is -2.15. The lowest BCUT2D eigenvalue weighted by molar-refractivity contribution is -0.186. The van der Waals surface area contributed by atoms with Gasteiger partial charge in [-0.3, -0.25) is 4.79 Å². The summed E-state index contributed by atoms with van der Waals surface area (Å²) in [6.07, 6.45) is 2.57. The van der Waals surface area contributed by atoms with Crippen LogP contribution in [0.3, 0.4) is 0 Å². The quantitative estimate of drug-likeness (QED) is 0.726. The molecule has 0 aromatic heterocycles. The average Bonchev–Trinajstić information content (AvgIpc) is 2.81. The summed E-state index contributed by atoms with van der Waals surface area (Å²) in [5.74, 6) is 0.208. The number of allylic oxidation sites excluding steroid dienone is 1. The molecule has 1 fully saturated rings. The van der Waals surface area contributed by atoms with Gasteiger partial charge < -0.3 is 9.57 Å². The monoisotopic (exact) mass is 303 g/mol. The van der Waals surface area contributed by atoms with Gasteiger partial charge in [0.05, 0.1) is 12.3 Å². The lowest BCUT2D eigenvalue weighted by Crippen LogP contribution is -2.26. The summed E-state index contributed by atoms with van der Waals surface area (Å²) in [7, 11) is 0. The van der Waals surface area contributed by atoms with Crippen LogP contribution >= 0.6 is 0 Å². The van der Waals surface area contributed by atoms with E-state index in [1.807, 2.05) is 31.2 Å². The molecule has 2 rings (SSSR count). The summed E-state index contributed by atoms with van der Waals surface area (Å²) in [5, 5.41) is 1.02. The van der Waals surface area contributed by atoms with Gasteiger partial charge in [-0.15, -0.1) is 5.06 Å². The highest BCUT2D eigenvalue weighted by atomic mass is 16.7. The van der Waals surface area contributed by atoms with Crippen LogP contribution < -0.4 is 4.74 Å². The Morgan fingerprint density at radius 1 is 1.23 bits per heavy atom. The Morgan fingerprint density at radius 3 is 2.59 bits per heavy atom. The number of nitrogens with zero attached hydrogens (tertiary/aromatic N) is 1. The standard InChI is InChI=1S/C17H21NO4/c1-13-6-9-15(10-7-13)21-12-4-3-5-17(20)22-18-14(2)8-11-16(18)19/h6-7,9-10H,2-5,8,11-12H2,1H3. The molecule has 5 heteroatoms. The normalized spacial score (nSPS) is 14.3. The first-order valence-corrected chi connectivity index (χ1v) is 7.47. The molecule has 1 amide bonds. The van der Waals surface area contributed by atoms with Gasteiger partial charge in [0.1, 0.15) is 5.75 Å². The first kappa shape index (κ1) is 16.1. The van der Waals surface area contributed by atoms with Crippen molar-refractivity contribution in [2.45, 2.75) is 39.0 Å². The third kappa shape index (κ3) is 4.62. The Hall–Kier alpha value is -2.30. The average molecular weight is 303 g/mol. The topological polar surface area (TPSA) is 55.8 Å². The highest BCUT2D eigenvalue weighted by Crippen LogP contribution is 2.21. The van der Waals surface area contributed by atoms with Crippen LogP contribution in [0.15, 0.2) is 36.5 Å². The molecule has 1 aromatic rings. The molecule has 1 aliphatic rings. The van der Waals surface area contributed by atoms with Crippen molar-refractivity contribution in [2.24, 2.45) is 0 Å². The van der Waals surface area contributed by atoms with Crippen molar-refractivity contribution in [3.05, 3.63) is 42.1 Å². The number of amides is 1. The zero-order chi connectivity index (χ0) is 15.9. The minimum absolute atomic E-state index is 0.207.